The van der Waals surface area contributed by atoms with E-state index in [1.165, 1.54) is 173 Å². The van der Waals surface area contributed by atoms with Crippen LogP contribution in [0.15, 0.2) is 72.9 Å². The highest BCUT2D eigenvalue weighted by atomic mass is 16.7. The fraction of sp³-hybridized carbons (Fsp3) is 0.800. The van der Waals surface area contributed by atoms with Crippen LogP contribution in [0.4, 0.5) is 0 Å². The lowest BCUT2D eigenvalue weighted by Crippen LogP contribution is -2.61. The van der Waals surface area contributed by atoms with E-state index in [-0.39, 0.29) is 19.4 Å². The fourth-order valence-electron chi connectivity index (χ4n) is 10.2. The summed E-state index contributed by atoms with van der Waals surface area (Å²) in [6.45, 7) is 5.75. The summed E-state index contributed by atoms with van der Waals surface area (Å²) in [4.78, 5) is 26.6. The number of nitrogens with one attached hydrogen (secondary N) is 1. The van der Waals surface area contributed by atoms with Gasteiger partial charge in [-0.1, -0.05) is 267 Å². The first-order chi connectivity index (χ1) is 39.7. The molecule has 0 aromatic rings. The molecule has 1 saturated heterocycles. The van der Waals surface area contributed by atoms with E-state index in [1.807, 2.05) is 6.08 Å². The minimum absolute atomic E-state index is 0.0846. The Hall–Kier alpha value is -2.90. The van der Waals surface area contributed by atoms with E-state index in [1.54, 1.807) is 6.08 Å². The molecule has 11 heteroatoms. The molecule has 6 N–H and O–H groups in total. The van der Waals surface area contributed by atoms with E-state index in [0.717, 1.165) is 77.0 Å². The zero-order valence-corrected chi connectivity index (χ0v) is 52.1. The number of aliphatic hydroxyl groups excluding tert-OH is 5. The summed E-state index contributed by atoms with van der Waals surface area (Å²) in [5.41, 5.74) is 0. The quantitative estimate of drug-likeness (QED) is 0.0195. The SMILES string of the molecule is CCCCC/C=C\C/C=C\C/C=C\C/C=C\CCCCCC(=O)OC1C(OCC(NC(=O)C(O)CCCCCCCCCCCCCC/C=C/CCCCCCCC)C(O)/C=C/CCCCCCCCCCC)OC(CO)C(O)C1O. The maximum atomic E-state index is 13.5. The smallest absolute Gasteiger partial charge is 0.306 e. The van der Waals surface area contributed by atoms with Gasteiger partial charge in [0.05, 0.1) is 25.4 Å². The summed E-state index contributed by atoms with van der Waals surface area (Å²) < 4.78 is 17.6. The molecule has 0 aromatic heterocycles. The van der Waals surface area contributed by atoms with Crippen molar-refractivity contribution >= 4 is 11.9 Å². The number of carbonyl (C=O) groups is 2. The number of hydrogen-bond acceptors (Lipinski definition) is 10. The summed E-state index contributed by atoms with van der Waals surface area (Å²) in [6.07, 6.45) is 63.7. The highest BCUT2D eigenvalue weighted by Gasteiger charge is 2.47. The van der Waals surface area contributed by atoms with Gasteiger partial charge in [-0.2, -0.15) is 0 Å². The molecule has 470 valence electrons. The molecule has 0 aromatic carbocycles. The van der Waals surface area contributed by atoms with Gasteiger partial charge in [0.2, 0.25) is 5.91 Å². The minimum atomic E-state index is -1.63. The van der Waals surface area contributed by atoms with Crippen molar-refractivity contribution in [2.45, 2.75) is 346 Å². The summed E-state index contributed by atoms with van der Waals surface area (Å²) in [7, 11) is 0. The lowest BCUT2D eigenvalue weighted by Gasteiger charge is -2.41. The molecule has 0 aliphatic carbocycles. The molecule has 81 heavy (non-hydrogen) atoms. The molecular formula is C70H125NO10. The van der Waals surface area contributed by atoms with Crippen molar-refractivity contribution in [1.29, 1.82) is 0 Å². The van der Waals surface area contributed by atoms with E-state index in [4.69, 9.17) is 14.2 Å². The molecule has 1 rings (SSSR count). The largest absolute Gasteiger partial charge is 0.454 e. The topological polar surface area (TPSA) is 175 Å². The van der Waals surface area contributed by atoms with E-state index in [9.17, 15) is 35.1 Å². The monoisotopic (exact) mass is 1140 g/mol. The lowest BCUT2D eigenvalue weighted by atomic mass is 9.99. The number of allylic oxidation sites excluding steroid dienone is 11. The Morgan fingerprint density at radius 1 is 0.481 bits per heavy atom. The third-order valence-corrected chi connectivity index (χ3v) is 15.6. The standard InChI is InChI=1S/C70H125NO10/c1-4-7-10-13-16-19-22-24-26-28-30-31-32-34-35-37-39-42-45-48-51-54-57-63(74)69(78)71-61(62(73)56-53-50-47-44-41-21-18-15-12-9-6-3)60-79-70-68(67(77)66(76)64(59-72)80-70)81-65(75)58-55-52-49-46-43-40-38-36-33-29-27-25-23-20-17-14-11-8-5-2/h17,20,24-27,33,36,40,43,53,56,61-64,66-68,70,72-74,76-77H,4-16,18-19,21-23,28-32,34-35,37-39,41-42,44-52,54-55,57-60H2,1-3H3,(H,71,78)/b20-17-,26-24+,27-25-,36-33-,43-40-,56-53+. The van der Waals surface area contributed by atoms with Gasteiger partial charge in [0.25, 0.3) is 0 Å². The van der Waals surface area contributed by atoms with E-state index >= 15 is 0 Å². The third kappa shape index (κ3) is 45.2. The Labute approximate surface area is 496 Å². The number of carbonyl (C=O) groups excluding carboxylic acids is 2. The van der Waals surface area contributed by atoms with E-state index in [0.29, 0.717) is 12.8 Å². The Morgan fingerprint density at radius 2 is 0.852 bits per heavy atom. The molecule has 1 fully saturated rings. The highest BCUT2D eigenvalue weighted by Crippen LogP contribution is 2.26. The first kappa shape index (κ1) is 76.1. The van der Waals surface area contributed by atoms with Gasteiger partial charge in [-0.25, -0.2) is 0 Å². The summed E-state index contributed by atoms with van der Waals surface area (Å²) in [6, 6.07) is -1.03. The van der Waals surface area contributed by atoms with Gasteiger partial charge in [0.1, 0.15) is 24.4 Å². The van der Waals surface area contributed by atoms with Gasteiger partial charge in [0, 0.05) is 6.42 Å². The fourth-order valence-corrected chi connectivity index (χ4v) is 10.2. The van der Waals surface area contributed by atoms with Crippen molar-refractivity contribution in [3.63, 3.8) is 0 Å². The maximum Gasteiger partial charge on any atom is 0.306 e. The average Bonchev–Trinajstić information content (AvgIpc) is 3.50. The Balaban J connectivity index is 2.62. The molecular weight excluding hydrogens is 1010 g/mol. The molecule has 0 bridgehead atoms. The predicted molar refractivity (Wildman–Crippen MR) is 338 cm³/mol. The molecule has 0 radical (unpaired) electrons. The first-order valence-electron chi connectivity index (χ1n) is 33.7. The molecule has 1 heterocycles. The summed E-state index contributed by atoms with van der Waals surface area (Å²) in [5, 5.41) is 57.1. The van der Waals surface area contributed by atoms with Gasteiger partial charge < -0.3 is 45.1 Å². The first-order valence-corrected chi connectivity index (χ1v) is 33.7. The van der Waals surface area contributed by atoms with Crippen LogP contribution in [0.5, 0.6) is 0 Å². The molecule has 8 unspecified atom stereocenters. The predicted octanol–water partition coefficient (Wildman–Crippen LogP) is 16.7. The second kappa shape index (κ2) is 57.5. The lowest BCUT2D eigenvalue weighted by molar-refractivity contribution is -0.305. The normalized spacial score (nSPS) is 19.1. The molecule has 1 aliphatic rings. The van der Waals surface area contributed by atoms with Crippen molar-refractivity contribution in [2.75, 3.05) is 13.2 Å². The van der Waals surface area contributed by atoms with Crippen LogP contribution in [-0.2, 0) is 23.8 Å². The van der Waals surface area contributed by atoms with Crippen molar-refractivity contribution < 1.29 is 49.3 Å². The van der Waals surface area contributed by atoms with Gasteiger partial charge in [-0.15, -0.1) is 0 Å². The summed E-state index contributed by atoms with van der Waals surface area (Å²) >= 11 is 0. The molecule has 8 atom stereocenters. The number of ether oxygens (including phenoxy) is 3. The van der Waals surface area contributed by atoms with E-state index in [2.05, 4.69) is 86.8 Å². The van der Waals surface area contributed by atoms with Gasteiger partial charge >= 0.3 is 5.97 Å². The van der Waals surface area contributed by atoms with Crippen LogP contribution in [0, 0.1) is 0 Å². The van der Waals surface area contributed by atoms with Crippen LogP contribution in [0.25, 0.3) is 0 Å². The van der Waals surface area contributed by atoms with Crippen molar-refractivity contribution in [3.8, 4) is 0 Å². The zero-order valence-electron chi connectivity index (χ0n) is 52.1. The van der Waals surface area contributed by atoms with Crippen LogP contribution >= 0.6 is 0 Å². The van der Waals surface area contributed by atoms with Crippen molar-refractivity contribution in [2.24, 2.45) is 0 Å². The number of amides is 1. The summed E-state index contributed by atoms with van der Waals surface area (Å²) in [5.74, 6) is -1.22. The molecule has 1 amide bonds. The second-order valence-corrected chi connectivity index (χ2v) is 23.2. The van der Waals surface area contributed by atoms with Crippen LogP contribution in [-0.4, -0.2) is 99.6 Å². The van der Waals surface area contributed by atoms with Gasteiger partial charge in [0.15, 0.2) is 12.4 Å². The maximum absolute atomic E-state index is 13.5. The van der Waals surface area contributed by atoms with Crippen LogP contribution in [0.1, 0.15) is 297 Å². The zero-order chi connectivity index (χ0) is 58.9. The molecule has 0 saturated carbocycles. The Morgan fingerprint density at radius 3 is 1.31 bits per heavy atom. The molecule has 0 spiro atoms. The van der Waals surface area contributed by atoms with Crippen molar-refractivity contribution in [3.05, 3.63) is 72.9 Å². The number of hydrogen-bond donors (Lipinski definition) is 6. The highest BCUT2D eigenvalue weighted by molar-refractivity contribution is 5.80. The van der Waals surface area contributed by atoms with Gasteiger partial charge in [-0.05, 0) is 96.3 Å². The Kier molecular flexibility index (Phi) is 54.1. The van der Waals surface area contributed by atoms with Crippen LogP contribution < -0.4 is 5.32 Å². The number of unbranched alkanes of at least 4 members (excludes halogenated alkanes) is 33. The van der Waals surface area contributed by atoms with E-state index < -0.39 is 67.4 Å². The number of aliphatic hydroxyl groups is 5. The second-order valence-electron chi connectivity index (χ2n) is 23.2. The third-order valence-electron chi connectivity index (χ3n) is 15.6. The van der Waals surface area contributed by atoms with Gasteiger partial charge in [-0.3, -0.25) is 9.59 Å². The van der Waals surface area contributed by atoms with Crippen LogP contribution in [0.2, 0.25) is 0 Å². The minimum Gasteiger partial charge on any atom is -0.454 e. The average molecular weight is 1140 g/mol. The number of esters is 1. The van der Waals surface area contributed by atoms with Crippen LogP contribution in [0.3, 0.4) is 0 Å². The molecule has 1 aliphatic heterocycles. The number of rotatable bonds is 57. The molecule has 11 nitrogen and oxygen atoms in total. The Bertz CT molecular complexity index is 1590. The van der Waals surface area contributed by atoms with Crippen molar-refractivity contribution in [1.82, 2.24) is 5.32 Å².